The number of benzene rings is 1. The molecule has 0 radical (unpaired) electrons. The number of rotatable bonds is 7. The molecule has 1 N–H and O–H groups in total. The van der Waals surface area contributed by atoms with Crippen molar-refractivity contribution in [1.82, 2.24) is 14.9 Å². The van der Waals surface area contributed by atoms with Crippen LogP contribution >= 0.6 is 11.8 Å². The number of methoxy groups -OCH3 is 1. The molecule has 2 rings (SSSR count). The van der Waals surface area contributed by atoms with E-state index in [0.29, 0.717) is 0 Å². The quantitative estimate of drug-likeness (QED) is 0.731. The molecule has 0 atom stereocenters. The third-order valence-electron chi connectivity index (χ3n) is 3.21. The summed E-state index contributed by atoms with van der Waals surface area (Å²) in [5.41, 5.74) is 2.02. The zero-order valence-corrected chi connectivity index (χ0v) is 13.7. The van der Waals surface area contributed by atoms with E-state index >= 15 is 0 Å². The first kappa shape index (κ1) is 17.1. The zero-order chi connectivity index (χ0) is 13.7. The molecule has 0 fully saturated rings. The number of imidazole rings is 1. The summed E-state index contributed by atoms with van der Waals surface area (Å²) in [5.74, 6) is 1.91. The summed E-state index contributed by atoms with van der Waals surface area (Å²) in [6.45, 7) is 7.70. The first-order chi connectivity index (χ1) is 9.26. The second kappa shape index (κ2) is 8.39. The van der Waals surface area contributed by atoms with Crippen molar-refractivity contribution in [3.8, 4) is 5.75 Å². The van der Waals surface area contributed by atoms with Crippen LogP contribution in [0.25, 0.3) is 11.0 Å². The normalized spacial score (nSPS) is 10.8. The number of hydrogen-bond donors (Lipinski definition) is 1. The molecule has 2 aromatic rings. The lowest BCUT2D eigenvalue weighted by Gasteiger charge is -2.16. The van der Waals surface area contributed by atoms with E-state index in [0.717, 1.165) is 47.3 Å². The highest BCUT2D eigenvalue weighted by Gasteiger charge is 2.05. The molecule has 1 heterocycles. The van der Waals surface area contributed by atoms with Crippen LogP contribution in [0.4, 0.5) is 0 Å². The van der Waals surface area contributed by atoms with Gasteiger partial charge in [0, 0.05) is 18.4 Å². The SMILES string of the molecule is CCN(CC)CCSc1nc2ccc(OC)cc2[nH]1.[Cl-]. The standard InChI is InChI=1S/C14H21N3OS.ClH/c1-4-17(5-2)8-9-19-14-15-12-7-6-11(18-3)10-13(12)16-14;/h6-7,10H,4-5,8-9H2,1-3H3,(H,15,16);1H/p-1. The minimum absolute atomic E-state index is 0. The van der Waals surface area contributed by atoms with Crippen LogP contribution < -0.4 is 17.1 Å². The lowest BCUT2D eigenvalue weighted by atomic mass is 10.3. The van der Waals surface area contributed by atoms with E-state index in [1.165, 1.54) is 0 Å². The van der Waals surface area contributed by atoms with Crippen LogP contribution in [-0.2, 0) is 0 Å². The average molecular weight is 315 g/mol. The second-order valence-corrected chi connectivity index (χ2v) is 5.38. The van der Waals surface area contributed by atoms with Crippen LogP contribution in [0.15, 0.2) is 23.4 Å². The molecular formula is C14H21ClN3OS-. The third kappa shape index (κ3) is 4.30. The fourth-order valence-corrected chi connectivity index (χ4v) is 2.86. The molecule has 20 heavy (non-hydrogen) atoms. The van der Waals surface area contributed by atoms with Gasteiger partial charge in [-0.2, -0.15) is 0 Å². The van der Waals surface area contributed by atoms with E-state index in [1.807, 2.05) is 18.2 Å². The Balaban J connectivity index is 0.00000200. The highest BCUT2D eigenvalue weighted by atomic mass is 35.5. The van der Waals surface area contributed by atoms with E-state index in [9.17, 15) is 0 Å². The van der Waals surface area contributed by atoms with Gasteiger partial charge in [0.05, 0.1) is 18.1 Å². The van der Waals surface area contributed by atoms with Crippen molar-refractivity contribution in [2.24, 2.45) is 0 Å². The highest BCUT2D eigenvalue weighted by Crippen LogP contribution is 2.23. The maximum absolute atomic E-state index is 5.21. The first-order valence-electron chi connectivity index (χ1n) is 6.65. The fraction of sp³-hybridized carbons (Fsp3) is 0.500. The van der Waals surface area contributed by atoms with Crippen LogP contribution in [0.1, 0.15) is 13.8 Å². The molecule has 0 spiro atoms. The Hall–Kier alpha value is -0.910. The van der Waals surface area contributed by atoms with Crippen LogP contribution in [0.2, 0.25) is 0 Å². The molecule has 0 aliphatic heterocycles. The Morgan fingerprint density at radius 1 is 1.30 bits per heavy atom. The van der Waals surface area contributed by atoms with Gasteiger partial charge in [-0.1, -0.05) is 25.6 Å². The minimum atomic E-state index is 0. The van der Waals surface area contributed by atoms with E-state index in [2.05, 4.69) is 28.7 Å². The van der Waals surface area contributed by atoms with Gasteiger partial charge in [0.15, 0.2) is 5.16 Å². The van der Waals surface area contributed by atoms with Crippen LogP contribution in [0, 0.1) is 0 Å². The molecule has 0 saturated carbocycles. The number of thioether (sulfide) groups is 1. The number of nitrogens with zero attached hydrogens (tertiary/aromatic N) is 2. The molecule has 0 aliphatic carbocycles. The Morgan fingerprint density at radius 3 is 2.70 bits per heavy atom. The van der Waals surface area contributed by atoms with Crippen LogP contribution in [-0.4, -0.2) is 47.4 Å². The number of hydrogen-bond acceptors (Lipinski definition) is 4. The van der Waals surface area contributed by atoms with Gasteiger partial charge in [0.2, 0.25) is 0 Å². The number of fused-ring (bicyclic) bond motifs is 1. The van der Waals surface area contributed by atoms with Crippen molar-refractivity contribution in [3.05, 3.63) is 18.2 Å². The monoisotopic (exact) mass is 314 g/mol. The van der Waals surface area contributed by atoms with Gasteiger partial charge in [-0.25, -0.2) is 4.98 Å². The maximum Gasteiger partial charge on any atom is 0.166 e. The van der Waals surface area contributed by atoms with E-state index in [-0.39, 0.29) is 12.4 Å². The van der Waals surface area contributed by atoms with Gasteiger partial charge in [-0.3, -0.25) is 0 Å². The van der Waals surface area contributed by atoms with E-state index in [4.69, 9.17) is 4.74 Å². The van der Waals surface area contributed by atoms with Crippen molar-refractivity contribution in [1.29, 1.82) is 0 Å². The number of H-pyrrole nitrogens is 1. The molecule has 112 valence electrons. The molecule has 0 aliphatic rings. The molecule has 1 aromatic heterocycles. The number of nitrogens with one attached hydrogen (secondary N) is 1. The van der Waals surface area contributed by atoms with Gasteiger partial charge >= 0.3 is 0 Å². The predicted octanol–water partition coefficient (Wildman–Crippen LogP) is 0.00940. The van der Waals surface area contributed by atoms with E-state index < -0.39 is 0 Å². The van der Waals surface area contributed by atoms with Gasteiger partial charge < -0.3 is 27.0 Å². The van der Waals surface area contributed by atoms with Crippen LogP contribution in [0.3, 0.4) is 0 Å². The molecule has 1 aromatic carbocycles. The summed E-state index contributed by atoms with van der Waals surface area (Å²) in [6.07, 6.45) is 0. The predicted molar refractivity (Wildman–Crippen MR) is 81.2 cm³/mol. The molecule has 0 unspecified atom stereocenters. The molecule has 0 saturated heterocycles. The van der Waals surface area contributed by atoms with Crippen LogP contribution in [0.5, 0.6) is 5.75 Å². The minimum Gasteiger partial charge on any atom is -1.00 e. The Kier molecular flexibility index (Phi) is 7.19. The number of aromatic amines is 1. The number of halogens is 1. The lowest BCUT2D eigenvalue weighted by Crippen LogP contribution is -3.00. The van der Waals surface area contributed by atoms with Crippen molar-refractivity contribution >= 4 is 22.8 Å². The summed E-state index contributed by atoms with van der Waals surface area (Å²) in [6, 6.07) is 5.91. The molecular weight excluding hydrogens is 294 g/mol. The second-order valence-electron chi connectivity index (χ2n) is 4.30. The average Bonchev–Trinajstić information content (AvgIpc) is 2.85. The fourth-order valence-electron chi connectivity index (χ4n) is 1.97. The summed E-state index contributed by atoms with van der Waals surface area (Å²) in [4.78, 5) is 10.3. The summed E-state index contributed by atoms with van der Waals surface area (Å²) >= 11 is 1.77. The Labute approximate surface area is 130 Å². The van der Waals surface area contributed by atoms with Crippen molar-refractivity contribution in [3.63, 3.8) is 0 Å². The molecule has 6 heteroatoms. The van der Waals surface area contributed by atoms with Crippen molar-refractivity contribution in [2.75, 3.05) is 32.5 Å². The lowest BCUT2D eigenvalue weighted by molar-refractivity contribution is -0.00000443. The molecule has 4 nitrogen and oxygen atoms in total. The number of ether oxygens (including phenoxy) is 1. The van der Waals surface area contributed by atoms with E-state index in [1.54, 1.807) is 18.9 Å². The first-order valence-corrected chi connectivity index (χ1v) is 7.64. The molecule has 0 bridgehead atoms. The van der Waals surface area contributed by atoms with Gasteiger partial charge in [0.25, 0.3) is 0 Å². The van der Waals surface area contributed by atoms with Crippen molar-refractivity contribution < 1.29 is 17.1 Å². The van der Waals surface area contributed by atoms with Gasteiger partial charge in [-0.15, -0.1) is 0 Å². The summed E-state index contributed by atoms with van der Waals surface area (Å²) < 4.78 is 5.21. The van der Waals surface area contributed by atoms with Crippen molar-refractivity contribution in [2.45, 2.75) is 19.0 Å². The maximum atomic E-state index is 5.21. The van der Waals surface area contributed by atoms with Gasteiger partial charge in [-0.05, 0) is 25.2 Å². The topological polar surface area (TPSA) is 41.2 Å². The third-order valence-corrected chi connectivity index (χ3v) is 4.06. The smallest absolute Gasteiger partial charge is 0.166 e. The Bertz CT molecular complexity index is 528. The largest absolute Gasteiger partial charge is 1.00 e. The number of aromatic nitrogens is 2. The highest BCUT2D eigenvalue weighted by molar-refractivity contribution is 7.99. The summed E-state index contributed by atoms with van der Waals surface area (Å²) in [5, 5.41) is 0.982. The summed E-state index contributed by atoms with van der Waals surface area (Å²) in [7, 11) is 1.68. The zero-order valence-electron chi connectivity index (χ0n) is 12.1. The van der Waals surface area contributed by atoms with Gasteiger partial charge in [0.1, 0.15) is 5.75 Å². The molecule has 0 amide bonds. The Morgan fingerprint density at radius 2 is 2.05 bits per heavy atom.